The number of hydrogen-bond acceptors (Lipinski definition) is 3. The molecular weight excluding hydrogens is 226 g/mol. The number of nitrogens with one attached hydrogen (secondary N) is 1. The molecule has 4 heteroatoms. The predicted octanol–water partition coefficient (Wildman–Crippen LogP) is 0.945. The average Bonchev–Trinajstić information content (AvgIpc) is 2.40. The van der Waals surface area contributed by atoms with Crippen molar-refractivity contribution in [3.63, 3.8) is 0 Å². The Bertz CT molecular complexity index is 372. The van der Waals surface area contributed by atoms with Crippen molar-refractivity contribution in [1.82, 2.24) is 10.2 Å². The minimum atomic E-state index is 0.0536. The number of hydrogen-bond donors (Lipinski definition) is 1. The van der Waals surface area contributed by atoms with Crippen LogP contribution in [-0.4, -0.2) is 50.1 Å². The fraction of sp³-hybridized carbons (Fsp3) is 0.500. The van der Waals surface area contributed by atoms with Crippen LogP contribution < -0.4 is 10.2 Å². The highest BCUT2D eigenvalue weighted by Gasteiger charge is 2.16. The number of carbonyl (C=O) groups is 1. The highest BCUT2D eigenvalue weighted by molar-refractivity contribution is 5.72. The Morgan fingerprint density at radius 1 is 1.17 bits per heavy atom. The molecule has 1 amide bonds. The summed E-state index contributed by atoms with van der Waals surface area (Å²) >= 11 is 0. The highest BCUT2D eigenvalue weighted by atomic mass is 16.1. The topological polar surface area (TPSA) is 35.6 Å². The number of benzene rings is 1. The molecular formula is C14H21N3O. The second-order valence-electron chi connectivity index (χ2n) is 4.65. The van der Waals surface area contributed by atoms with Crippen LogP contribution in [-0.2, 0) is 4.79 Å². The van der Waals surface area contributed by atoms with Crippen molar-refractivity contribution in [3.05, 3.63) is 30.3 Å². The normalized spacial score (nSPS) is 16.6. The van der Waals surface area contributed by atoms with E-state index in [0.29, 0.717) is 0 Å². The summed E-state index contributed by atoms with van der Waals surface area (Å²) in [5.41, 5.74) is 1.30. The molecule has 0 saturated carbocycles. The van der Waals surface area contributed by atoms with Gasteiger partial charge in [-0.15, -0.1) is 0 Å². The van der Waals surface area contributed by atoms with Crippen molar-refractivity contribution in [2.75, 3.05) is 44.2 Å². The molecule has 2 rings (SSSR count). The van der Waals surface area contributed by atoms with Gasteiger partial charge in [0, 0.05) is 51.9 Å². The predicted molar refractivity (Wildman–Crippen MR) is 73.8 cm³/mol. The van der Waals surface area contributed by atoms with Crippen molar-refractivity contribution >= 4 is 11.6 Å². The van der Waals surface area contributed by atoms with Gasteiger partial charge in [-0.05, 0) is 12.1 Å². The molecule has 0 atom stereocenters. The number of rotatable bonds is 4. The molecule has 1 aliphatic heterocycles. The first kappa shape index (κ1) is 12.9. The maximum absolute atomic E-state index is 10.8. The van der Waals surface area contributed by atoms with Crippen molar-refractivity contribution in [2.24, 2.45) is 0 Å². The van der Waals surface area contributed by atoms with Gasteiger partial charge in [-0.3, -0.25) is 9.69 Å². The number of amides is 1. The fourth-order valence-corrected chi connectivity index (χ4v) is 2.26. The van der Waals surface area contributed by atoms with Crippen molar-refractivity contribution in [2.45, 2.75) is 6.92 Å². The Labute approximate surface area is 109 Å². The van der Waals surface area contributed by atoms with Crippen LogP contribution in [0.15, 0.2) is 30.3 Å². The molecule has 0 radical (unpaired) electrons. The lowest BCUT2D eigenvalue weighted by molar-refractivity contribution is -0.119. The molecule has 0 spiro atoms. The van der Waals surface area contributed by atoms with Crippen molar-refractivity contribution < 1.29 is 4.79 Å². The molecule has 1 aliphatic rings. The van der Waals surface area contributed by atoms with Gasteiger partial charge in [-0.1, -0.05) is 18.2 Å². The van der Waals surface area contributed by atoms with Gasteiger partial charge in [0.1, 0.15) is 0 Å². The van der Waals surface area contributed by atoms with Crippen LogP contribution in [0.25, 0.3) is 0 Å². The molecule has 0 bridgehead atoms. The lowest BCUT2D eigenvalue weighted by Crippen LogP contribution is -2.48. The Morgan fingerprint density at radius 3 is 2.44 bits per heavy atom. The third-order valence-corrected chi connectivity index (χ3v) is 3.30. The smallest absolute Gasteiger partial charge is 0.216 e. The van der Waals surface area contributed by atoms with E-state index in [2.05, 4.69) is 39.4 Å². The molecule has 0 aromatic heterocycles. The maximum Gasteiger partial charge on any atom is 0.216 e. The molecule has 0 aliphatic carbocycles. The first-order valence-electron chi connectivity index (χ1n) is 6.52. The van der Waals surface area contributed by atoms with Crippen molar-refractivity contribution in [1.29, 1.82) is 0 Å². The second kappa shape index (κ2) is 6.40. The lowest BCUT2D eigenvalue weighted by atomic mass is 10.2. The van der Waals surface area contributed by atoms with Gasteiger partial charge >= 0.3 is 0 Å². The van der Waals surface area contributed by atoms with Gasteiger partial charge in [0.2, 0.25) is 5.91 Å². The number of anilines is 1. The van der Waals surface area contributed by atoms with Crippen molar-refractivity contribution in [3.8, 4) is 0 Å². The SMILES string of the molecule is CC(=O)NCCN1CCN(c2ccccc2)CC1. The molecule has 1 aromatic carbocycles. The molecule has 98 valence electrons. The molecule has 1 fully saturated rings. The fourth-order valence-electron chi connectivity index (χ4n) is 2.26. The summed E-state index contributed by atoms with van der Waals surface area (Å²) in [4.78, 5) is 15.6. The molecule has 1 aromatic rings. The number of carbonyl (C=O) groups excluding carboxylic acids is 1. The first-order valence-corrected chi connectivity index (χ1v) is 6.52. The largest absolute Gasteiger partial charge is 0.369 e. The average molecular weight is 247 g/mol. The number of piperazine rings is 1. The molecule has 1 heterocycles. The standard InChI is InChI=1S/C14H21N3O/c1-13(18)15-7-8-16-9-11-17(12-10-16)14-5-3-2-4-6-14/h2-6H,7-12H2,1H3,(H,15,18). The summed E-state index contributed by atoms with van der Waals surface area (Å²) in [6, 6.07) is 10.5. The third kappa shape index (κ3) is 3.74. The maximum atomic E-state index is 10.8. The number of nitrogens with zero attached hydrogens (tertiary/aromatic N) is 2. The van der Waals surface area contributed by atoms with E-state index < -0.39 is 0 Å². The molecule has 1 saturated heterocycles. The van der Waals surface area contributed by atoms with E-state index in [1.165, 1.54) is 5.69 Å². The zero-order valence-electron chi connectivity index (χ0n) is 10.9. The summed E-state index contributed by atoms with van der Waals surface area (Å²) in [5, 5.41) is 2.84. The van der Waals surface area contributed by atoms with E-state index in [0.717, 1.165) is 39.3 Å². The Balaban J connectivity index is 1.73. The van der Waals surface area contributed by atoms with Crippen LogP contribution in [0.3, 0.4) is 0 Å². The van der Waals surface area contributed by atoms with Crippen LogP contribution in [0, 0.1) is 0 Å². The van der Waals surface area contributed by atoms with Crippen LogP contribution in [0.5, 0.6) is 0 Å². The van der Waals surface area contributed by atoms with Gasteiger partial charge in [-0.25, -0.2) is 0 Å². The van der Waals surface area contributed by atoms with Crippen LogP contribution >= 0.6 is 0 Å². The van der Waals surface area contributed by atoms with Gasteiger partial charge < -0.3 is 10.2 Å². The van der Waals surface area contributed by atoms with Gasteiger partial charge in [-0.2, -0.15) is 0 Å². The second-order valence-corrected chi connectivity index (χ2v) is 4.65. The van der Waals surface area contributed by atoms with E-state index in [1.54, 1.807) is 6.92 Å². The zero-order chi connectivity index (χ0) is 12.8. The van der Waals surface area contributed by atoms with E-state index in [1.807, 2.05) is 6.07 Å². The quantitative estimate of drug-likeness (QED) is 0.860. The third-order valence-electron chi connectivity index (χ3n) is 3.30. The Hall–Kier alpha value is -1.55. The minimum Gasteiger partial charge on any atom is -0.369 e. The summed E-state index contributed by atoms with van der Waals surface area (Å²) in [6.45, 7) is 7.51. The monoisotopic (exact) mass is 247 g/mol. The molecule has 18 heavy (non-hydrogen) atoms. The first-order chi connectivity index (χ1) is 8.75. The van der Waals surface area contributed by atoms with Gasteiger partial charge in [0.15, 0.2) is 0 Å². The summed E-state index contributed by atoms with van der Waals surface area (Å²) in [5.74, 6) is 0.0536. The van der Waals surface area contributed by atoms with Gasteiger partial charge in [0.05, 0.1) is 0 Å². The van der Waals surface area contributed by atoms with E-state index in [-0.39, 0.29) is 5.91 Å². The van der Waals surface area contributed by atoms with Gasteiger partial charge in [0.25, 0.3) is 0 Å². The summed E-state index contributed by atoms with van der Waals surface area (Å²) in [6.07, 6.45) is 0. The lowest BCUT2D eigenvalue weighted by Gasteiger charge is -2.36. The molecule has 0 unspecified atom stereocenters. The minimum absolute atomic E-state index is 0.0536. The number of para-hydroxylation sites is 1. The van der Waals surface area contributed by atoms with E-state index in [4.69, 9.17) is 0 Å². The highest BCUT2D eigenvalue weighted by Crippen LogP contribution is 2.15. The summed E-state index contributed by atoms with van der Waals surface area (Å²) < 4.78 is 0. The summed E-state index contributed by atoms with van der Waals surface area (Å²) in [7, 11) is 0. The van der Waals surface area contributed by atoms with Crippen LogP contribution in [0.1, 0.15) is 6.92 Å². The zero-order valence-corrected chi connectivity index (χ0v) is 10.9. The van der Waals surface area contributed by atoms with E-state index >= 15 is 0 Å². The van der Waals surface area contributed by atoms with Crippen LogP contribution in [0.4, 0.5) is 5.69 Å². The van der Waals surface area contributed by atoms with Crippen LogP contribution in [0.2, 0.25) is 0 Å². The molecule has 1 N–H and O–H groups in total. The molecule has 4 nitrogen and oxygen atoms in total. The Kier molecular flexibility index (Phi) is 4.59. The van der Waals surface area contributed by atoms with E-state index in [9.17, 15) is 4.79 Å². The Morgan fingerprint density at radius 2 is 1.83 bits per heavy atom.